The summed E-state index contributed by atoms with van der Waals surface area (Å²) >= 11 is 0. The fraction of sp³-hybridized carbons (Fsp3) is 0.600. The lowest BCUT2D eigenvalue weighted by Gasteiger charge is -2.21. The van der Waals surface area contributed by atoms with Crippen LogP contribution in [0.15, 0.2) is 24.3 Å². The molecule has 26 heavy (non-hydrogen) atoms. The fourth-order valence-electron chi connectivity index (χ4n) is 2.77. The van der Waals surface area contributed by atoms with Crippen molar-refractivity contribution >= 4 is 11.9 Å². The van der Waals surface area contributed by atoms with E-state index in [1.54, 1.807) is 24.3 Å². The minimum Gasteiger partial charge on any atom is -0.491 e. The van der Waals surface area contributed by atoms with Crippen LogP contribution in [0.25, 0.3) is 0 Å². The fourth-order valence-corrected chi connectivity index (χ4v) is 2.77. The Morgan fingerprint density at radius 1 is 1.38 bits per heavy atom. The van der Waals surface area contributed by atoms with E-state index in [-0.39, 0.29) is 11.5 Å². The van der Waals surface area contributed by atoms with Gasteiger partial charge in [-0.15, -0.1) is 0 Å². The molecule has 2 unspecified atom stereocenters. The molecular weight excluding hydrogens is 334 g/mol. The number of benzene rings is 1. The largest absolute Gasteiger partial charge is 0.491 e. The summed E-state index contributed by atoms with van der Waals surface area (Å²) in [6.45, 7) is 7.35. The third-order valence-electron chi connectivity index (χ3n) is 4.34. The Morgan fingerprint density at radius 2 is 2.15 bits per heavy atom. The number of carboxylic acids is 1. The van der Waals surface area contributed by atoms with Crippen LogP contribution in [0, 0.1) is 5.41 Å². The van der Waals surface area contributed by atoms with Gasteiger partial charge in [-0.05, 0) is 49.3 Å². The minimum atomic E-state index is -1.02. The van der Waals surface area contributed by atoms with Crippen LogP contribution in [-0.2, 0) is 9.53 Å². The molecule has 1 aromatic rings. The average molecular weight is 363 g/mol. The molecule has 2 rings (SSSR count). The number of hydrogen-bond donors (Lipinski definition) is 2. The van der Waals surface area contributed by atoms with Crippen LogP contribution < -0.4 is 10.1 Å². The number of ether oxygens (including phenoxy) is 2. The van der Waals surface area contributed by atoms with E-state index in [4.69, 9.17) is 9.47 Å². The van der Waals surface area contributed by atoms with E-state index in [9.17, 15) is 14.7 Å². The highest BCUT2D eigenvalue weighted by Crippen LogP contribution is 2.22. The summed E-state index contributed by atoms with van der Waals surface area (Å²) < 4.78 is 11.2. The van der Waals surface area contributed by atoms with Gasteiger partial charge in [-0.1, -0.05) is 26.8 Å². The Bertz CT molecular complexity index is 617. The topological polar surface area (TPSA) is 84.9 Å². The summed E-state index contributed by atoms with van der Waals surface area (Å²) in [5, 5.41) is 12.0. The molecular formula is C20H29NO5. The first-order valence-corrected chi connectivity index (χ1v) is 9.13. The first-order chi connectivity index (χ1) is 12.2. The highest BCUT2D eigenvalue weighted by Gasteiger charge is 2.23. The van der Waals surface area contributed by atoms with E-state index in [0.29, 0.717) is 30.8 Å². The van der Waals surface area contributed by atoms with E-state index >= 15 is 0 Å². The molecule has 1 aliphatic rings. The van der Waals surface area contributed by atoms with Gasteiger partial charge in [0.25, 0.3) is 5.91 Å². The predicted octanol–water partition coefficient (Wildman–Crippen LogP) is 3.25. The smallest absolute Gasteiger partial charge is 0.326 e. The predicted molar refractivity (Wildman–Crippen MR) is 98.5 cm³/mol. The third-order valence-corrected chi connectivity index (χ3v) is 4.34. The molecule has 0 spiro atoms. The van der Waals surface area contributed by atoms with Gasteiger partial charge in [-0.3, -0.25) is 4.79 Å². The van der Waals surface area contributed by atoms with E-state index < -0.39 is 17.9 Å². The number of amides is 1. The summed E-state index contributed by atoms with van der Waals surface area (Å²) in [7, 11) is 0. The van der Waals surface area contributed by atoms with Crippen molar-refractivity contribution in [3.63, 3.8) is 0 Å². The van der Waals surface area contributed by atoms with E-state index in [1.165, 1.54) is 0 Å². The van der Waals surface area contributed by atoms with Crippen molar-refractivity contribution in [1.82, 2.24) is 5.32 Å². The second-order valence-corrected chi connectivity index (χ2v) is 7.94. The summed E-state index contributed by atoms with van der Waals surface area (Å²) in [5.41, 5.74) is 0.394. The molecule has 0 aliphatic carbocycles. The molecule has 1 fully saturated rings. The Hall–Kier alpha value is -2.08. The molecule has 1 aromatic carbocycles. The highest BCUT2D eigenvalue weighted by atomic mass is 16.5. The lowest BCUT2D eigenvalue weighted by atomic mass is 9.88. The number of aliphatic carboxylic acids is 1. The number of nitrogens with one attached hydrogen (secondary N) is 1. The van der Waals surface area contributed by atoms with Crippen molar-refractivity contribution in [3.05, 3.63) is 29.8 Å². The summed E-state index contributed by atoms with van der Waals surface area (Å²) in [4.78, 5) is 23.9. The zero-order chi connectivity index (χ0) is 19.2. The molecule has 2 N–H and O–H groups in total. The Kier molecular flexibility index (Phi) is 7.03. The minimum absolute atomic E-state index is 0.00843. The van der Waals surface area contributed by atoms with Gasteiger partial charge in [-0.25, -0.2) is 4.79 Å². The van der Waals surface area contributed by atoms with Crippen LogP contribution in [0.1, 0.15) is 56.8 Å². The van der Waals surface area contributed by atoms with Gasteiger partial charge < -0.3 is 19.9 Å². The van der Waals surface area contributed by atoms with Crippen molar-refractivity contribution < 1.29 is 24.2 Å². The monoisotopic (exact) mass is 363 g/mol. The van der Waals surface area contributed by atoms with E-state index in [2.05, 4.69) is 5.32 Å². The van der Waals surface area contributed by atoms with Crippen molar-refractivity contribution in [2.45, 2.75) is 58.6 Å². The zero-order valence-corrected chi connectivity index (χ0v) is 15.8. The van der Waals surface area contributed by atoms with Crippen LogP contribution in [0.3, 0.4) is 0 Å². The molecule has 1 aliphatic heterocycles. The lowest BCUT2D eigenvalue weighted by Crippen LogP contribution is -2.41. The molecule has 1 heterocycles. The van der Waals surface area contributed by atoms with Gasteiger partial charge in [0.2, 0.25) is 0 Å². The van der Waals surface area contributed by atoms with E-state index in [1.807, 2.05) is 20.8 Å². The summed E-state index contributed by atoms with van der Waals surface area (Å²) in [5.74, 6) is -0.850. The quantitative estimate of drug-likeness (QED) is 0.740. The molecule has 0 saturated carbocycles. The van der Waals surface area contributed by atoms with Gasteiger partial charge in [-0.2, -0.15) is 0 Å². The molecule has 0 bridgehead atoms. The molecule has 1 saturated heterocycles. The van der Waals surface area contributed by atoms with E-state index in [0.717, 1.165) is 19.4 Å². The maximum Gasteiger partial charge on any atom is 0.326 e. The maximum absolute atomic E-state index is 12.4. The number of hydrogen-bond acceptors (Lipinski definition) is 4. The SMILES string of the molecule is CC(C)(C)CCC(NC(=O)c1cccc(OCC2CCCO2)c1)C(=O)O. The third kappa shape index (κ3) is 6.67. The molecule has 0 aromatic heterocycles. The molecule has 6 heteroatoms. The van der Waals surface area contributed by atoms with Gasteiger partial charge in [0.1, 0.15) is 18.4 Å². The van der Waals surface area contributed by atoms with Crippen molar-refractivity contribution in [2.75, 3.05) is 13.2 Å². The summed E-state index contributed by atoms with van der Waals surface area (Å²) in [6.07, 6.45) is 3.21. The summed E-state index contributed by atoms with van der Waals surface area (Å²) in [6, 6.07) is 5.88. The second-order valence-electron chi connectivity index (χ2n) is 7.94. The standard InChI is InChI=1S/C20H29NO5/c1-20(2,3)10-9-17(19(23)24)21-18(22)14-6-4-7-15(12-14)26-13-16-8-5-11-25-16/h4,6-7,12,16-17H,5,8-11,13H2,1-3H3,(H,21,22)(H,23,24). The molecule has 144 valence electrons. The number of carbonyl (C=O) groups is 2. The zero-order valence-electron chi connectivity index (χ0n) is 15.8. The molecule has 2 atom stereocenters. The number of carboxylic acid groups (broad SMARTS) is 1. The van der Waals surface area contributed by atoms with Crippen LogP contribution in [0.4, 0.5) is 0 Å². The van der Waals surface area contributed by atoms with Crippen molar-refractivity contribution in [2.24, 2.45) is 5.41 Å². The van der Waals surface area contributed by atoms with Crippen LogP contribution >= 0.6 is 0 Å². The van der Waals surface area contributed by atoms with Gasteiger partial charge in [0, 0.05) is 12.2 Å². The maximum atomic E-state index is 12.4. The Labute approximate surface area is 154 Å². The van der Waals surface area contributed by atoms with Gasteiger partial charge in [0.15, 0.2) is 0 Å². The first kappa shape index (κ1) is 20.2. The molecule has 1 amide bonds. The first-order valence-electron chi connectivity index (χ1n) is 9.13. The molecule has 6 nitrogen and oxygen atoms in total. The lowest BCUT2D eigenvalue weighted by molar-refractivity contribution is -0.139. The highest BCUT2D eigenvalue weighted by molar-refractivity contribution is 5.96. The number of carbonyl (C=O) groups excluding carboxylic acids is 1. The normalized spacial score (nSPS) is 18.3. The Balaban J connectivity index is 1.94. The second kappa shape index (κ2) is 9.03. The molecule has 0 radical (unpaired) electrons. The van der Waals surface area contributed by atoms with Crippen LogP contribution in [-0.4, -0.2) is 42.3 Å². The van der Waals surface area contributed by atoms with Crippen molar-refractivity contribution in [1.29, 1.82) is 0 Å². The van der Waals surface area contributed by atoms with Crippen molar-refractivity contribution in [3.8, 4) is 5.75 Å². The van der Waals surface area contributed by atoms with Crippen LogP contribution in [0.5, 0.6) is 5.75 Å². The van der Waals surface area contributed by atoms with Gasteiger partial charge in [0.05, 0.1) is 6.10 Å². The van der Waals surface area contributed by atoms with Crippen LogP contribution in [0.2, 0.25) is 0 Å². The number of rotatable bonds is 8. The van der Waals surface area contributed by atoms with Gasteiger partial charge >= 0.3 is 5.97 Å². The Morgan fingerprint density at radius 3 is 2.77 bits per heavy atom. The average Bonchev–Trinajstić information content (AvgIpc) is 3.09.